The minimum atomic E-state index is -0.726. The van der Waals surface area contributed by atoms with Gasteiger partial charge in [-0.15, -0.1) is 0 Å². The zero-order valence-electron chi connectivity index (χ0n) is 6.69. The van der Waals surface area contributed by atoms with E-state index in [-0.39, 0.29) is 5.88 Å². The first-order valence-electron chi connectivity index (χ1n) is 3.58. The number of pyridine rings is 1. The number of rotatable bonds is 2. The molecule has 0 aliphatic carbocycles. The van der Waals surface area contributed by atoms with Crippen LogP contribution in [-0.4, -0.2) is 17.7 Å². The van der Waals surface area contributed by atoms with Gasteiger partial charge < -0.3 is 9.47 Å². The first kappa shape index (κ1) is 8.52. The van der Waals surface area contributed by atoms with Crippen molar-refractivity contribution >= 4 is 6.16 Å². The van der Waals surface area contributed by atoms with Gasteiger partial charge in [-0.25, -0.2) is 9.78 Å². The Kier molecular flexibility index (Phi) is 3.07. The lowest BCUT2D eigenvalue weighted by molar-refractivity contribution is 0.102. The Labute approximate surface area is 70.1 Å². The van der Waals surface area contributed by atoms with Gasteiger partial charge in [0.15, 0.2) is 0 Å². The van der Waals surface area contributed by atoms with Gasteiger partial charge in [0, 0.05) is 12.3 Å². The van der Waals surface area contributed by atoms with Gasteiger partial charge in [-0.1, -0.05) is 6.07 Å². The second kappa shape index (κ2) is 4.33. The zero-order valence-corrected chi connectivity index (χ0v) is 6.69. The Hall–Kier alpha value is -1.58. The van der Waals surface area contributed by atoms with Crippen LogP contribution in [0.1, 0.15) is 6.92 Å². The summed E-state index contributed by atoms with van der Waals surface area (Å²) in [4.78, 5) is 14.5. The minimum Gasteiger partial charge on any atom is -0.434 e. The second-order valence-corrected chi connectivity index (χ2v) is 1.95. The van der Waals surface area contributed by atoms with Gasteiger partial charge in [0.25, 0.3) is 0 Å². The summed E-state index contributed by atoms with van der Waals surface area (Å²) >= 11 is 0. The summed E-state index contributed by atoms with van der Waals surface area (Å²) in [7, 11) is 0. The SMILES string of the molecule is CCOC(=O)Oc1ccccn1. The van der Waals surface area contributed by atoms with E-state index in [4.69, 9.17) is 0 Å². The molecule has 64 valence electrons. The third kappa shape index (κ3) is 2.57. The predicted molar refractivity (Wildman–Crippen MR) is 41.9 cm³/mol. The maximum absolute atomic E-state index is 10.7. The van der Waals surface area contributed by atoms with E-state index in [9.17, 15) is 4.79 Å². The van der Waals surface area contributed by atoms with E-state index < -0.39 is 6.16 Å². The summed E-state index contributed by atoms with van der Waals surface area (Å²) in [6.45, 7) is 2.01. The van der Waals surface area contributed by atoms with Gasteiger partial charge in [-0.05, 0) is 13.0 Å². The van der Waals surface area contributed by atoms with Gasteiger partial charge in [0.05, 0.1) is 6.61 Å². The topological polar surface area (TPSA) is 48.4 Å². The molecule has 1 rings (SSSR count). The van der Waals surface area contributed by atoms with Crippen LogP contribution in [0.4, 0.5) is 4.79 Å². The highest BCUT2D eigenvalue weighted by atomic mass is 16.7. The molecule has 4 heteroatoms. The van der Waals surface area contributed by atoms with Crippen LogP contribution in [0.5, 0.6) is 5.88 Å². The van der Waals surface area contributed by atoms with Crippen molar-refractivity contribution in [1.29, 1.82) is 0 Å². The Bertz CT molecular complexity index is 248. The number of carbonyl (C=O) groups excluding carboxylic acids is 1. The molecule has 0 radical (unpaired) electrons. The van der Waals surface area contributed by atoms with Crippen LogP contribution in [0, 0.1) is 0 Å². The van der Waals surface area contributed by atoms with Crippen molar-refractivity contribution in [2.24, 2.45) is 0 Å². The van der Waals surface area contributed by atoms with Crippen LogP contribution >= 0.6 is 0 Å². The smallest absolute Gasteiger partial charge is 0.434 e. The Balaban J connectivity index is 2.47. The third-order valence-corrected chi connectivity index (χ3v) is 1.09. The van der Waals surface area contributed by atoms with Crippen molar-refractivity contribution in [3.05, 3.63) is 24.4 Å². The van der Waals surface area contributed by atoms with E-state index in [2.05, 4.69) is 14.5 Å². The van der Waals surface area contributed by atoms with Crippen LogP contribution in [-0.2, 0) is 4.74 Å². The molecule has 0 fully saturated rings. The molecule has 0 aliphatic rings. The molecule has 0 spiro atoms. The van der Waals surface area contributed by atoms with E-state index in [0.29, 0.717) is 6.61 Å². The standard InChI is InChI=1S/C8H9NO3/c1-2-11-8(10)12-7-5-3-4-6-9-7/h3-6H,2H2,1H3. The molecule has 0 saturated carbocycles. The number of hydrogen-bond donors (Lipinski definition) is 0. The summed E-state index contributed by atoms with van der Waals surface area (Å²) in [5.41, 5.74) is 0. The zero-order chi connectivity index (χ0) is 8.81. The Morgan fingerprint density at radius 1 is 1.58 bits per heavy atom. The maximum atomic E-state index is 10.7. The molecule has 1 aromatic heterocycles. The second-order valence-electron chi connectivity index (χ2n) is 1.95. The van der Waals surface area contributed by atoms with Crippen LogP contribution < -0.4 is 4.74 Å². The lowest BCUT2D eigenvalue weighted by Crippen LogP contribution is -2.10. The lowest BCUT2D eigenvalue weighted by atomic mass is 10.5. The summed E-state index contributed by atoms with van der Waals surface area (Å²) in [6, 6.07) is 5.04. The van der Waals surface area contributed by atoms with Crippen LogP contribution in [0.15, 0.2) is 24.4 Å². The fourth-order valence-electron chi connectivity index (χ4n) is 0.640. The van der Waals surface area contributed by atoms with Gasteiger partial charge in [-0.3, -0.25) is 0 Å². The molecule has 1 aromatic rings. The predicted octanol–water partition coefficient (Wildman–Crippen LogP) is 1.62. The largest absolute Gasteiger partial charge is 0.515 e. The van der Waals surface area contributed by atoms with Crippen molar-refractivity contribution in [3.8, 4) is 5.88 Å². The Morgan fingerprint density at radius 3 is 3.00 bits per heavy atom. The van der Waals surface area contributed by atoms with Gasteiger partial charge in [0.2, 0.25) is 5.88 Å². The molecule has 12 heavy (non-hydrogen) atoms. The van der Waals surface area contributed by atoms with Crippen molar-refractivity contribution in [2.45, 2.75) is 6.92 Å². The Morgan fingerprint density at radius 2 is 2.42 bits per heavy atom. The highest BCUT2D eigenvalue weighted by molar-refractivity contribution is 5.62. The normalized spacial score (nSPS) is 9.08. The minimum absolute atomic E-state index is 0.246. The van der Waals surface area contributed by atoms with E-state index in [1.54, 1.807) is 25.1 Å². The van der Waals surface area contributed by atoms with E-state index in [1.807, 2.05) is 0 Å². The highest BCUT2D eigenvalue weighted by Crippen LogP contribution is 2.03. The molecule has 0 amide bonds. The molecule has 4 nitrogen and oxygen atoms in total. The lowest BCUT2D eigenvalue weighted by Gasteiger charge is -2.01. The van der Waals surface area contributed by atoms with Crippen LogP contribution in [0.3, 0.4) is 0 Å². The average molecular weight is 167 g/mol. The number of carbonyl (C=O) groups is 1. The molecular weight excluding hydrogens is 158 g/mol. The molecule has 0 unspecified atom stereocenters. The van der Waals surface area contributed by atoms with E-state index in [1.165, 1.54) is 6.20 Å². The van der Waals surface area contributed by atoms with Crippen molar-refractivity contribution in [1.82, 2.24) is 4.98 Å². The molecule has 0 N–H and O–H groups in total. The molecule has 0 aliphatic heterocycles. The van der Waals surface area contributed by atoms with Gasteiger partial charge in [-0.2, -0.15) is 0 Å². The van der Waals surface area contributed by atoms with Crippen LogP contribution in [0.2, 0.25) is 0 Å². The maximum Gasteiger partial charge on any atom is 0.515 e. The molecule has 1 heterocycles. The van der Waals surface area contributed by atoms with Crippen molar-refractivity contribution < 1.29 is 14.3 Å². The number of ether oxygens (including phenoxy) is 2. The fourth-order valence-corrected chi connectivity index (χ4v) is 0.640. The molecule has 0 atom stereocenters. The van der Waals surface area contributed by atoms with Gasteiger partial charge >= 0.3 is 6.16 Å². The van der Waals surface area contributed by atoms with Crippen molar-refractivity contribution in [3.63, 3.8) is 0 Å². The molecule has 0 saturated heterocycles. The summed E-state index contributed by atoms with van der Waals surface area (Å²) in [5, 5.41) is 0. The van der Waals surface area contributed by atoms with Gasteiger partial charge in [0.1, 0.15) is 0 Å². The molecule has 0 bridgehead atoms. The summed E-state index contributed by atoms with van der Waals surface area (Å²) in [6.07, 6.45) is 0.811. The molecule has 0 aromatic carbocycles. The highest BCUT2D eigenvalue weighted by Gasteiger charge is 2.03. The third-order valence-electron chi connectivity index (χ3n) is 1.09. The fraction of sp³-hybridized carbons (Fsp3) is 0.250. The number of nitrogens with zero attached hydrogens (tertiary/aromatic N) is 1. The van der Waals surface area contributed by atoms with Crippen LogP contribution in [0.25, 0.3) is 0 Å². The number of aromatic nitrogens is 1. The molecular formula is C8H9NO3. The monoisotopic (exact) mass is 167 g/mol. The van der Waals surface area contributed by atoms with E-state index in [0.717, 1.165) is 0 Å². The first-order chi connectivity index (χ1) is 5.83. The first-order valence-corrected chi connectivity index (χ1v) is 3.58. The average Bonchev–Trinajstić information content (AvgIpc) is 2.06. The summed E-state index contributed by atoms with van der Waals surface area (Å²) in [5.74, 6) is 0.246. The quantitative estimate of drug-likeness (QED) is 0.628. The number of hydrogen-bond acceptors (Lipinski definition) is 4. The summed E-state index contributed by atoms with van der Waals surface area (Å²) < 4.78 is 9.23. The van der Waals surface area contributed by atoms with E-state index >= 15 is 0 Å². The van der Waals surface area contributed by atoms with Crippen molar-refractivity contribution in [2.75, 3.05) is 6.61 Å².